The summed E-state index contributed by atoms with van der Waals surface area (Å²) in [5.74, 6) is 0.297. The van der Waals surface area contributed by atoms with Gasteiger partial charge in [-0.25, -0.2) is 0 Å². The van der Waals surface area contributed by atoms with Crippen LogP contribution in [0.4, 0.5) is 0 Å². The van der Waals surface area contributed by atoms with Crippen molar-refractivity contribution in [2.45, 2.75) is 25.2 Å². The number of hydrogen-bond acceptors (Lipinski definition) is 4. The zero-order chi connectivity index (χ0) is 12.3. The van der Waals surface area contributed by atoms with Crippen molar-refractivity contribution in [2.24, 2.45) is 5.73 Å². The van der Waals surface area contributed by atoms with Crippen molar-refractivity contribution in [1.82, 2.24) is 0 Å². The monoisotopic (exact) mass is 237 g/mol. The highest BCUT2D eigenvalue weighted by molar-refractivity contribution is 5.27. The molecule has 0 radical (unpaired) electrons. The largest absolute Gasteiger partial charge is 0.497 e. The average Bonchev–Trinajstić information content (AvgIpc) is 2.72. The van der Waals surface area contributed by atoms with E-state index in [1.807, 2.05) is 31.2 Å². The fourth-order valence-corrected chi connectivity index (χ4v) is 2.01. The van der Waals surface area contributed by atoms with Crippen LogP contribution in [0.25, 0.3) is 0 Å². The highest BCUT2D eigenvalue weighted by atomic mass is 16.7. The van der Waals surface area contributed by atoms with Crippen LogP contribution in [0.5, 0.6) is 5.75 Å². The van der Waals surface area contributed by atoms with Gasteiger partial charge >= 0.3 is 0 Å². The van der Waals surface area contributed by atoms with Crippen molar-refractivity contribution >= 4 is 0 Å². The number of ether oxygens (including phenoxy) is 3. The van der Waals surface area contributed by atoms with Crippen LogP contribution >= 0.6 is 0 Å². The van der Waals surface area contributed by atoms with Gasteiger partial charge in [0.2, 0.25) is 0 Å². The lowest BCUT2D eigenvalue weighted by atomic mass is 10.1. The minimum atomic E-state index is -0.557. The molecule has 0 aliphatic carbocycles. The molecule has 1 aromatic carbocycles. The minimum absolute atomic E-state index is 0.0123. The summed E-state index contributed by atoms with van der Waals surface area (Å²) in [7, 11) is 1.66. The first kappa shape index (κ1) is 12.4. The van der Waals surface area contributed by atoms with Gasteiger partial charge in [-0.1, -0.05) is 12.1 Å². The van der Waals surface area contributed by atoms with Gasteiger partial charge in [0.05, 0.1) is 19.8 Å². The number of hydrogen-bond donors (Lipinski definition) is 1. The van der Waals surface area contributed by atoms with Crippen LogP contribution in [0.2, 0.25) is 0 Å². The van der Waals surface area contributed by atoms with Gasteiger partial charge in [-0.05, 0) is 24.6 Å². The van der Waals surface area contributed by atoms with E-state index in [1.54, 1.807) is 7.11 Å². The molecule has 1 fully saturated rings. The Morgan fingerprint density at radius 2 is 2.12 bits per heavy atom. The van der Waals surface area contributed by atoms with Crippen LogP contribution in [0.3, 0.4) is 0 Å². The summed E-state index contributed by atoms with van der Waals surface area (Å²) >= 11 is 0. The highest BCUT2D eigenvalue weighted by Gasteiger charge is 2.36. The van der Waals surface area contributed by atoms with Crippen LogP contribution in [-0.4, -0.2) is 32.2 Å². The summed E-state index contributed by atoms with van der Waals surface area (Å²) in [6, 6.07) is 7.92. The predicted octanol–water partition coefficient (Wildman–Crippen LogP) is 1.33. The molecule has 17 heavy (non-hydrogen) atoms. The second-order valence-electron chi connectivity index (χ2n) is 4.45. The molecule has 1 aliphatic rings. The highest BCUT2D eigenvalue weighted by Crippen LogP contribution is 2.27. The molecule has 1 aromatic rings. The SMILES string of the molecule is COc1ccc(CC2(C)OCC(CN)O2)cc1. The topological polar surface area (TPSA) is 53.7 Å². The van der Waals surface area contributed by atoms with Crippen LogP contribution in [0.1, 0.15) is 12.5 Å². The van der Waals surface area contributed by atoms with Gasteiger partial charge in [-0.2, -0.15) is 0 Å². The van der Waals surface area contributed by atoms with E-state index in [0.29, 0.717) is 19.6 Å². The Kier molecular flexibility index (Phi) is 3.66. The van der Waals surface area contributed by atoms with Crippen molar-refractivity contribution in [3.05, 3.63) is 29.8 Å². The lowest BCUT2D eigenvalue weighted by Gasteiger charge is -2.23. The molecule has 2 rings (SSSR count). The van der Waals surface area contributed by atoms with Gasteiger partial charge in [-0.3, -0.25) is 0 Å². The van der Waals surface area contributed by atoms with Crippen molar-refractivity contribution in [3.8, 4) is 5.75 Å². The first-order valence-electron chi connectivity index (χ1n) is 5.80. The third-order valence-electron chi connectivity index (χ3n) is 2.94. The third-order valence-corrected chi connectivity index (χ3v) is 2.94. The van der Waals surface area contributed by atoms with E-state index in [1.165, 1.54) is 0 Å². The van der Waals surface area contributed by atoms with Gasteiger partial charge in [0.25, 0.3) is 0 Å². The molecule has 0 saturated carbocycles. The maximum Gasteiger partial charge on any atom is 0.170 e. The summed E-state index contributed by atoms with van der Waals surface area (Å²) in [6.07, 6.45) is 0.728. The van der Waals surface area contributed by atoms with Crippen LogP contribution in [0, 0.1) is 0 Å². The fraction of sp³-hybridized carbons (Fsp3) is 0.538. The van der Waals surface area contributed by atoms with E-state index >= 15 is 0 Å². The summed E-state index contributed by atoms with van der Waals surface area (Å²) in [4.78, 5) is 0. The van der Waals surface area contributed by atoms with Gasteiger partial charge in [0.15, 0.2) is 5.79 Å². The van der Waals surface area contributed by atoms with Gasteiger partial charge < -0.3 is 19.9 Å². The lowest BCUT2D eigenvalue weighted by Crippen LogP contribution is -2.31. The Bertz CT molecular complexity index is 365. The molecule has 0 amide bonds. The van der Waals surface area contributed by atoms with E-state index in [9.17, 15) is 0 Å². The molecule has 1 saturated heterocycles. The predicted molar refractivity (Wildman–Crippen MR) is 65.0 cm³/mol. The van der Waals surface area contributed by atoms with Crippen LogP contribution in [-0.2, 0) is 15.9 Å². The summed E-state index contributed by atoms with van der Waals surface area (Å²) < 4.78 is 16.6. The zero-order valence-corrected chi connectivity index (χ0v) is 10.3. The Balaban J connectivity index is 2.00. The fourth-order valence-electron chi connectivity index (χ4n) is 2.01. The average molecular weight is 237 g/mol. The van der Waals surface area contributed by atoms with Crippen molar-refractivity contribution in [3.63, 3.8) is 0 Å². The zero-order valence-electron chi connectivity index (χ0n) is 10.3. The molecular formula is C13H19NO3. The van der Waals surface area contributed by atoms with Crippen molar-refractivity contribution in [2.75, 3.05) is 20.3 Å². The third kappa shape index (κ3) is 2.97. The summed E-state index contributed by atoms with van der Waals surface area (Å²) in [5.41, 5.74) is 6.72. The minimum Gasteiger partial charge on any atom is -0.497 e. The van der Waals surface area contributed by atoms with Gasteiger partial charge in [0, 0.05) is 13.0 Å². The molecule has 0 bridgehead atoms. The summed E-state index contributed by atoms with van der Waals surface area (Å²) in [5, 5.41) is 0. The van der Waals surface area contributed by atoms with E-state index < -0.39 is 5.79 Å². The van der Waals surface area contributed by atoms with E-state index in [2.05, 4.69) is 0 Å². The molecule has 2 unspecified atom stereocenters. The van der Waals surface area contributed by atoms with Crippen LogP contribution < -0.4 is 10.5 Å². The molecule has 0 aromatic heterocycles. The molecule has 0 spiro atoms. The summed E-state index contributed by atoms with van der Waals surface area (Å²) in [6.45, 7) is 3.02. The molecule has 1 heterocycles. The Hall–Kier alpha value is -1.10. The van der Waals surface area contributed by atoms with E-state index in [-0.39, 0.29) is 6.10 Å². The van der Waals surface area contributed by atoms with Gasteiger partial charge in [-0.15, -0.1) is 0 Å². The Morgan fingerprint density at radius 3 is 2.65 bits per heavy atom. The number of benzene rings is 1. The number of nitrogens with two attached hydrogens (primary N) is 1. The first-order valence-corrected chi connectivity index (χ1v) is 5.80. The molecule has 94 valence electrons. The number of rotatable bonds is 4. The molecule has 4 nitrogen and oxygen atoms in total. The van der Waals surface area contributed by atoms with E-state index in [0.717, 1.165) is 11.3 Å². The van der Waals surface area contributed by atoms with Crippen molar-refractivity contribution < 1.29 is 14.2 Å². The maximum atomic E-state index is 5.78. The maximum absolute atomic E-state index is 5.78. The first-order chi connectivity index (χ1) is 8.15. The van der Waals surface area contributed by atoms with Crippen molar-refractivity contribution in [1.29, 1.82) is 0 Å². The molecule has 2 N–H and O–H groups in total. The molecule has 1 aliphatic heterocycles. The quantitative estimate of drug-likeness (QED) is 0.858. The van der Waals surface area contributed by atoms with E-state index in [4.69, 9.17) is 19.9 Å². The standard InChI is InChI=1S/C13H19NO3/c1-13(16-9-12(8-14)17-13)7-10-3-5-11(15-2)6-4-10/h3-6,12H,7-9,14H2,1-2H3. The normalized spacial score (nSPS) is 28.3. The lowest BCUT2D eigenvalue weighted by molar-refractivity contribution is -0.151. The van der Waals surface area contributed by atoms with Gasteiger partial charge in [0.1, 0.15) is 5.75 Å². The smallest absolute Gasteiger partial charge is 0.170 e. The molecule has 2 atom stereocenters. The Morgan fingerprint density at radius 1 is 1.41 bits per heavy atom. The van der Waals surface area contributed by atoms with Crippen LogP contribution in [0.15, 0.2) is 24.3 Å². The number of methoxy groups -OCH3 is 1. The Labute approximate surface area is 102 Å². The molecular weight excluding hydrogens is 218 g/mol. The second kappa shape index (κ2) is 5.04. The second-order valence-corrected chi connectivity index (χ2v) is 4.45. The molecule has 4 heteroatoms.